The van der Waals surface area contributed by atoms with Gasteiger partial charge in [0.25, 0.3) is 0 Å². The van der Waals surface area contributed by atoms with Crippen LogP contribution in [-0.4, -0.2) is 43.7 Å². The number of carbonyl (C=O) groups is 3. The average molecular weight is 573 g/mol. The van der Waals surface area contributed by atoms with E-state index >= 15 is 0 Å². The summed E-state index contributed by atoms with van der Waals surface area (Å²) in [6.45, 7) is 1.73. The number of aromatic hydroxyl groups is 1. The fourth-order valence-electron chi connectivity index (χ4n) is 3.53. The van der Waals surface area contributed by atoms with E-state index in [1.165, 1.54) is 39.3 Å². The van der Waals surface area contributed by atoms with Crippen LogP contribution >= 0.6 is 0 Å². The molecule has 9 heteroatoms. The van der Waals surface area contributed by atoms with Crippen molar-refractivity contribution in [3.05, 3.63) is 119 Å². The average Bonchev–Trinajstić information content (AvgIpc) is 3.02. The van der Waals surface area contributed by atoms with Gasteiger partial charge in [0.2, 0.25) is 0 Å². The number of hydrogen-bond acceptors (Lipinski definition) is 9. The maximum atomic E-state index is 12.1. The first-order valence-corrected chi connectivity index (χ1v) is 12.9. The molecule has 0 amide bonds. The van der Waals surface area contributed by atoms with E-state index in [0.717, 1.165) is 11.1 Å². The molecule has 0 atom stereocenters. The molecule has 0 aliphatic heterocycles. The Balaban J connectivity index is 0.000000235. The van der Waals surface area contributed by atoms with E-state index in [-0.39, 0.29) is 36.9 Å². The van der Waals surface area contributed by atoms with Gasteiger partial charge in [-0.3, -0.25) is 4.79 Å². The largest absolute Gasteiger partial charge is 0.504 e. The molecular weight excluding hydrogens is 540 g/mol. The van der Waals surface area contributed by atoms with Crippen molar-refractivity contribution in [3.8, 4) is 23.0 Å². The number of ketones is 1. The van der Waals surface area contributed by atoms with Gasteiger partial charge in [0, 0.05) is 0 Å². The number of methoxy groups -OCH3 is 2. The van der Waals surface area contributed by atoms with Gasteiger partial charge in [-0.15, -0.1) is 0 Å². The monoisotopic (exact) mass is 572 g/mol. The molecule has 1 N–H and O–H groups in total. The second kappa shape index (κ2) is 16.1. The molecule has 0 aromatic heterocycles. The number of Topliss-reactive ketones (excluding diaryl/α,β-unsaturated/α-hetero) is 1. The highest BCUT2D eigenvalue weighted by molar-refractivity contribution is 5.90. The number of esters is 2. The van der Waals surface area contributed by atoms with Crippen molar-refractivity contribution in [2.45, 2.75) is 20.1 Å². The Labute approximate surface area is 244 Å². The Morgan fingerprint density at radius 2 is 1.10 bits per heavy atom. The van der Waals surface area contributed by atoms with Crippen LogP contribution in [0, 0.1) is 0 Å². The number of hydrogen-bond donors (Lipinski definition) is 1. The first kappa shape index (κ1) is 31.2. The molecule has 4 aromatic rings. The van der Waals surface area contributed by atoms with Crippen LogP contribution in [0.25, 0.3) is 0 Å². The summed E-state index contributed by atoms with van der Waals surface area (Å²) in [6, 6.07) is 27.9. The molecule has 0 aliphatic carbocycles. The minimum Gasteiger partial charge on any atom is -0.504 e. The first-order valence-electron chi connectivity index (χ1n) is 12.9. The molecule has 4 aromatic carbocycles. The van der Waals surface area contributed by atoms with Crippen LogP contribution in [0.3, 0.4) is 0 Å². The lowest BCUT2D eigenvalue weighted by molar-refractivity contribution is -0.118. The molecule has 0 saturated carbocycles. The van der Waals surface area contributed by atoms with Gasteiger partial charge >= 0.3 is 11.9 Å². The summed E-state index contributed by atoms with van der Waals surface area (Å²) >= 11 is 0. The first-order chi connectivity index (χ1) is 20.3. The number of benzene rings is 4. The molecule has 0 saturated heterocycles. The highest BCUT2D eigenvalue weighted by Crippen LogP contribution is 2.29. The van der Waals surface area contributed by atoms with Crippen molar-refractivity contribution in [2.24, 2.45) is 0 Å². The maximum absolute atomic E-state index is 12.1. The van der Waals surface area contributed by atoms with Crippen molar-refractivity contribution in [3.63, 3.8) is 0 Å². The van der Waals surface area contributed by atoms with Gasteiger partial charge in [0.05, 0.1) is 25.3 Å². The van der Waals surface area contributed by atoms with Crippen LogP contribution in [0.2, 0.25) is 0 Å². The summed E-state index contributed by atoms with van der Waals surface area (Å²) < 4.78 is 25.8. The van der Waals surface area contributed by atoms with E-state index in [1.54, 1.807) is 18.2 Å². The fourth-order valence-corrected chi connectivity index (χ4v) is 3.53. The zero-order valence-corrected chi connectivity index (χ0v) is 23.6. The van der Waals surface area contributed by atoms with E-state index in [1.807, 2.05) is 60.7 Å². The third kappa shape index (κ3) is 9.71. The van der Waals surface area contributed by atoms with Gasteiger partial charge in [0.15, 0.2) is 28.8 Å². The van der Waals surface area contributed by atoms with E-state index in [2.05, 4.69) is 0 Å². The predicted molar refractivity (Wildman–Crippen MR) is 155 cm³/mol. The van der Waals surface area contributed by atoms with Gasteiger partial charge in [-0.2, -0.15) is 0 Å². The molecule has 0 fully saturated rings. The van der Waals surface area contributed by atoms with Crippen LogP contribution < -0.4 is 14.2 Å². The number of ether oxygens (including phenoxy) is 5. The fraction of sp³-hybridized carbons (Fsp3) is 0.182. The maximum Gasteiger partial charge on any atom is 0.338 e. The van der Waals surface area contributed by atoms with E-state index < -0.39 is 11.9 Å². The second-order valence-electron chi connectivity index (χ2n) is 8.87. The lowest BCUT2D eigenvalue weighted by Gasteiger charge is -2.11. The Hall–Kier alpha value is -5.31. The zero-order chi connectivity index (χ0) is 30.3. The molecule has 0 radical (unpaired) electrons. The van der Waals surface area contributed by atoms with Crippen LogP contribution in [-0.2, 0) is 27.5 Å². The summed E-state index contributed by atoms with van der Waals surface area (Å²) in [5.41, 5.74) is 2.44. The summed E-state index contributed by atoms with van der Waals surface area (Å²) in [4.78, 5) is 35.0. The molecule has 218 valence electrons. The van der Waals surface area contributed by atoms with Gasteiger partial charge < -0.3 is 28.8 Å². The van der Waals surface area contributed by atoms with Gasteiger partial charge in [0.1, 0.15) is 19.8 Å². The van der Waals surface area contributed by atoms with Crippen molar-refractivity contribution in [1.82, 2.24) is 0 Å². The SMILES string of the molecule is COc1ccc(C(=O)OCc2ccccc2)cc1O.COc1ccc(C(=O)OCc2ccccc2)cc1OCC(C)=O. The normalized spacial score (nSPS) is 9.98. The van der Waals surface area contributed by atoms with Crippen molar-refractivity contribution in [2.75, 3.05) is 20.8 Å². The Kier molecular flexibility index (Phi) is 11.9. The Morgan fingerprint density at radius 1 is 0.619 bits per heavy atom. The Bertz CT molecular complexity index is 1470. The number of carbonyl (C=O) groups excluding carboxylic acids is 3. The van der Waals surface area contributed by atoms with E-state index in [0.29, 0.717) is 22.8 Å². The number of rotatable bonds is 11. The summed E-state index contributed by atoms with van der Waals surface area (Å²) in [7, 11) is 2.94. The second-order valence-corrected chi connectivity index (χ2v) is 8.87. The van der Waals surface area contributed by atoms with Crippen molar-refractivity contribution in [1.29, 1.82) is 0 Å². The minimum atomic E-state index is -0.484. The Morgan fingerprint density at radius 3 is 1.55 bits per heavy atom. The highest BCUT2D eigenvalue weighted by atomic mass is 16.5. The molecule has 42 heavy (non-hydrogen) atoms. The summed E-state index contributed by atoms with van der Waals surface area (Å²) in [6.07, 6.45) is 0. The molecular formula is C33H32O9. The minimum absolute atomic E-state index is 0.0844. The predicted octanol–water partition coefficient (Wildman–Crippen LogP) is 5.78. The topological polar surface area (TPSA) is 118 Å². The molecule has 0 bridgehead atoms. The molecule has 0 unspecified atom stereocenters. The van der Waals surface area contributed by atoms with Gasteiger partial charge in [-0.05, 0) is 54.4 Å². The highest BCUT2D eigenvalue weighted by Gasteiger charge is 2.14. The van der Waals surface area contributed by atoms with Crippen LogP contribution in [0.1, 0.15) is 38.8 Å². The number of phenols is 1. The molecule has 0 spiro atoms. The third-order valence-electron chi connectivity index (χ3n) is 5.67. The molecule has 4 rings (SSSR count). The molecule has 0 aliphatic rings. The van der Waals surface area contributed by atoms with Crippen molar-refractivity contribution >= 4 is 17.7 Å². The van der Waals surface area contributed by atoms with Crippen LogP contribution in [0.4, 0.5) is 0 Å². The lowest BCUT2D eigenvalue weighted by Crippen LogP contribution is -2.09. The molecule has 0 heterocycles. The lowest BCUT2D eigenvalue weighted by atomic mass is 10.2. The number of phenolic OH excluding ortho intramolecular Hbond substituents is 1. The third-order valence-corrected chi connectivity index (χ3v) is 5.67. The van der Waals surface area contributed by atoms with Gasteiger partial charge in [-0.1, -0.05) is 60.7 Å². The zero-order valence-electron chi connectivity index (χ0n) is 23.6. The standard InChI is InChI=1S/C18H18O5.C15H14O4/c1-13(19)11-22-17-10-15(8-9-16(17)21-2)18(20)23-12-14-6-4-3-5-7-14;1-18-14-8-7-12(9-13(14)16)15(17)19-10-11-5-3-2-4-6-11/h3-10H,11-12H2,1-2H3;2-9,16H,10H2,1H3. The summed E-state index contributed by atoms with van der Waals surface area (Å²) in [5.74, 6) is -0.0610. The van der Waals surface area contributed by atoms with Crippen LogP contribution in [0.5, 0.6) is 23.0 Å². The quantitative estimate of drug-likeness (QED) is 0.223. The molecule has 9 nitrogen and oxygen atoms in total. The smallest absolute Gasteiger partial charge is 0.338 e. The van der Waals surface area contributed by atoms with Crippen molar-refractivity contribution < 1.29 is 43.2 Å². The van der Waals surface area contributed by atoms with E-state index in [9.17, 15) is 19.5 Å². The summed E-state index contributed by atoms with van der Waals surface area (Å²) in [5, 5.41) is 9.59. The van der Waals surface area contributed by atoms with E-state index in [4.69, 9.17) is 23.7 Å². The van der Waals surface area contributed by atoms with Crippen LogP contribution in [0.15, 0.2) is 97.1 Å². The van der Waals surface area contributed by atoms with Gasteiger partial charge in [-0.25, -0.2) is 9.59 Å².